The summed E-state index contributed by atoms with van der Waals surface area (Å²) < 4.78 is 1.00. The first-order valence-electron chi connectivity index (χ1n) is 8.35. The Morgan fingerprint density at radius 1 is 1.13 bits per heavy atom. The number of halogens is 1. The lowest BCUT2D eigenvalue weighted by Crippen LogP contribution is -2.32. The highest BCUT2D eigenvalue weighted by molar-refractivity contribution is 9.10. The Morgan fingerprint density at radius 3 is 2.43 bits per heavy atom. The molecule has 0 aliphatic rings. The number of nitrogens with zero attached hydrogens (tertiary/aromatic N) is 1. The molecule has 1 aromatic rings. The molecule has 0 fully saturated rings. The minimum atomic E-state index is -0.00434. The highest BCUT2D eigenvalue weighted by Gasteiger charge is 2.12. The van der Waals surface area contributed by atoms with Crippen molar-refractivity contribution < 1.29 is 9.59 Å². The molecule has 0 atom stereocenters. The minimum absolute atomic E-state index is 0.00434. The van der Waals surface area contributed by atoms with Crippen LogP contribution in [0.25, 0.3) is 0 Å². The van der Waals surface area contributed by atoms with Crippen molar-refractivity contribution >= 4 is 27.7 Å². The summed E-state index contributed by atoms with van der Waals surface area (Å²) in [5.74, 6) is 0.156. The van der Waals surface area contributed by atoms with E-state index in [1.54, 1.807) is 0 Å². The average molecular weight is 383 g/mol. The summed E-state index contributed by atoms with van der Waals surface area (Å²) in [5, 5.41) is 2.89. The second-order valence-electron chi connectivity index (χ2n) is 5.64. The zero-order valence-corrected chi connectivity index (χ0v) is 15.7. The maximum Gasteiger partial charge on any atom is 0.222 e. The number of hydrogen-bond acceptors (Lipinski definition) is 2. The molecule has 1 N–H and O–H groups in total. The van der Waals surface area contributed by atoms with Crippen molar-refractivity contribution in [1.29, 1.82) is 0 Å². The molecule has 0 unspecified atom stereocenters. The molecule has 0 aliphatic heterocycles. The number of hydrogen-bond donors (Lipinski definition) is 1. The first-order chi connectivity index (χ1) is 11.1. The Kier molecular flexibility index (Phi) is 9.60. The third-order valence-corrected chi connectivity index (χ3v) is 4.01. The predicted molar refractivity (Wildman–Crippen MR) is 97.0 cm³/mol. The zero-order valence-electron chi connectivity index (χ0n) is 14.1. The summed E-state index contributed by atoms with van der Waals surface area (Å²) >= 11 is 3.41. The van der Waals surface area contributed by atoms with E-state index >= 15 is 0 Å². The molecule has 128 valence electrons. The number of carbonyl (C=O) groups excluding carboxylic acids is 2. The van der Waals surface area contributed by atoms with Crippen molar-refractivity contribution in [2.45, 2.75) is 52.5 Å². The van der Waals surface area contributed by atoms with Crippen LogP contribution in [0, 0.1) is 0 Å². The quantitative estimate of drug-likeness (QED) is 0.667. The van der Waals surface area contributed by atoms with E-state index in [1.807, 2.05) is 29.2 Å². The van der Waals surface area contributed by atoms with Gasteiger partial charge < -0.3 is 10.2 Å². The van der Waals surface area contributed by atoms with E-state index < -0.39 is 0 Å². The summed E-state index contributed by atoms with van der Waals surface area (Å²) in [6, 6.07) is 7.86. The fraction of sp³-hybridized carbons (Fsp3) is 0.556. The molecule has 0 bridgehead atoms. The van der Waals surface area contributed by atoms with Gasteiger partial charge in [0.1, 0.15) is 0 Å². The summed E-state index contributed by atoms with van der Waals surface area (Å²) in [6.45, 7) is 6.28. The van der Waals surface area contributed by atoms with Gasteiger partial charge in [-0.25, -0.2) is 0 Å². The molecule has 4 nitrogen and oxygen atoms in total. The smallest absolute Gasteiger partial charge is 0.222 e. The molecule has 1 aromatic carbocycles. The zero-order chi connectivity index (χ0) is 17.1. The van der Waals surface area contributed by atoms with Crippen molar-refractivity contribution in [3.05, 3.63) is 34.3 Å². The van der Waals surface area contributed by atoms with E-state index in [2.05, 4.69) is 35.1 Å². The lowest BCUT2D eigenvalue weighted by atomic mass is 10.2. The van der Waals surface area contributed by atoms with Gasteiger partial charge in [-0.2, -0.15) is 0 Å². The Hall–Kier alpha value is -1.36. The van der Waals surface area contributed by atoms with Gasteiger partial charge in [-0.3, -0.25) is 9.59 Å². The molecule has 0 heterocycles. The lowest BCUT2D eigenvalue weighted by Gasteiger charge is -2.21. The van der Waals surface area contributed by atoms with Crippen molar-refractivity contribution in [3.63, 3.8) is 0 Å². The lowest BCUT2D eigenvalue weighted by molar-refractivity contribution is -0.131. The van der Waals surface area contributed by atoms with Crippen LogP contribution in [-0.2, 0) is 16.1 Å². The Morgan fingerprint density at radius 2 is 1.83 bits per heavy atom. The van der Waals surface area contributed by atoms with Crippen molar-refractivity contribution in [2.75, 3.05) is 13.1 Å². The monoisotopic (exact) mass is 382 g/mol. The van der Waals surface area contributed by atoms with Crippen LogP contribution in [0.5, 0.6) is 0 Å². The molecule has 0 saturated carbocycles. The molecule has 0 aliphatic carbocycles. The third-order valence-electron chi connectivity index (χ3n) is 3.51. The van der Waals surface area contributed by atoms with E-state index in [9.17, 15) is 9.59 Å². The molecular weight excluding hydrogens is 356 g/mol. The molecule has 5 heteroatoms. The average Bonchev–Trinajstić information content (AvgIpc) is 2.52. The number of rotatable bonds is 10. The molecule has 2 amide bonds. The highest BCUT2D eigenvalue weighted by Crippen LogP contribution is 2.11. The van der Waals surface area contributed by atoms with Gasteiger partial charge in [0, 0.05) is 36.9 Å². The molecule has 1 rings (SSSR count). The van der Waals surface area contributed by atoms with Crippen molar-refractivity contribution in [2.24, 2.45) is 0 Å². The molecule has 23 heavy (non-hydrogen) atoms. The van der Waals surface area contributed by atoms with E-state index in [4.69, 9.17) is 0 Å². The van der Waals surface area contributed by atoms with Gasteiger partial charge in [0.25, 0.3) is 0 Å². The number of carbonyl (C=O) groups is 2. The van der Waals surface area contributed by atoms with Crippen LogP contribution >= 0.6 is 15.9 Å². The summed E-state index contributed by atoms with van der Waals surface area (Å²) in [4.78, 5) is 25.9. The maximum absolute atomic E-state index is 12.1. The first kappa shape index (κ1) is 19.7. The fourth-order valence-corrected chi connectivity index (χ4v) is 2.84. The second kappa shape index (κ2) is 11.2. The number of amides is 2. The topological polar surface area (TPSA) is 49.4 Å². The van der Waals surface area contributed by atoms with E-state index in [-0.39, 0.29) is 11.8 Å². The van der Waals surface area contributed by atoms with Gasteiger partial charge in [0.05, 0.1) is 0 Å². The molecular formula is C18H27BrN2O2. The van der Waals surface area contributed by atoms with E-state index in [0.29, 0.717) is 25.8 Å². The molecule has 0 spiro atoms. The minimum Gasteiger partial charge on any atom is -0.352 e. The maximum atomic E-state index is 12.1. The number of benzene rings is 1. The van der Waals surface area contributed by atoms with Gasteiger partial charge in [-0.1, -0.05) is 41.9 Å². The summed E-state index contributed by atoms with van der Waals surface area (Å²) in [7, 11) is 0. The van der Waals surface area contributed by atoms with Crippen LogP contribution in [-0.4, -0.2) is 29.8 Å². The largest absolute Gasteiger partial charge is 0.352 e. The van der Waals surface area contributed by atoms with Crippen LogP contribution < -0.4 is 5.32 Å². The Labute approximate surface area is 147 Å². The van der Waals surface area contributed by atoms with Crippen LogP contribution in [0.4, 0.5) is 0 Å². The summed E-state index contributed by atoms with van der Waals surface area (Å²) in [5.41, 5.74) is 1.06. The second-order valence-corrected chi connectivity index (χ2v) is 6.56. The molecule has 0 aromatic heterocycles. The van der Waals surface area contributed by atoms with Crippen molar-refractivity contribution in [1.82, 2.24) is 10.2 Å². The van der Waals surface area contributed by atoms with Crippen LogP contribution in [0.2, 0.25) is 0 Å². The van der Waals surface area contributed by atoms with Crippen molar-refractivity contribution in [3.8, 4) is 0 Å². The SMILES string of the molecule is CCCN(CCC)C(=O)CCCC(=O)NCc1cccc(Br)c1. The predicted octanol–water partition coefficient (Wildman–Crippen LogP) is 3.88. The first-order valence-corrected chi connectivity index (χ1v) is 9.15. The Balaban J connectivity index is 2.26. The van der Waals surface area contributed by atoms with Crippen LogP contribution in [0.1, 0.15) is 51.5 Å². The third kappa shape index (κ3) is 8.16. The van der Waals surface area contributed by atoms with E-state index in [0.717, 1.165) is 36.0 Å². The van der Waals surface area contributed by atoms with Gasteiger partial charge in [-0.05, 0) is 37.0 Å². The van der Waals surface area contributed by atoms with Gasteiger partial charge >= 0.3 is 0 Å². The number of nitrogens with one attached hydrogen (secondary N) is 1. The fourth-order valence-electron chi connectivity index (χ4n) is 2.40. The van der Waals surface area contributed by atoms with Gasteiger partial charge in [0.15, 0.2) is 0 Å². The Bertz CT molecular complexity index is 500. The highest BCUT2D eigenvalue weighted by atomic mass is 79.9. The van der Waals surface area contributed by atoms with Gasteiger partial charge in [0.2, 0.25) is 11.8 Å². The van der Waals surface area contributed by atoms with E-state index in [1.165, 1.54) is 0 Å². The van der Waals surface area contributed by atoms with Crippen LogP contribution in [0.3, 0.4) is 0 Å². The molecule has 0 saturated heterocycles. The van der Waals surface area contributed by atoms with Crippen LogP contribution in [0.15, 0.2) is 28.7 Å². The van der Waals surface area contributed by atoms with Gasteiger partial charge in [-0.15, -0.1) is 0 Å². The normalized spacial score (nSPS) is 10.4. The molecule has 0 radical (unpaired) electrons. The standard InChI is InChI=1S/C18H27BrN2O2/c1-3-11-21(12-4-2)18(23)10-6-9-17(22)20-14-15-7-5-8-16(19)13-15/h5,7-8,13H,3-4,6,9-12,14H2,1-2H3,(H,20,22). The summed E-state index contributed by atoms with van der Waals surface area (Å²) in [6.07, 6.45) is 3.39.